The Labute approximate surface area is 197 Å². The summed E-state index contributed by atoms with van der Waals surface area (Å²) < 4.78 is 89.0. The quantitative estimate of drug-likeness (QED) is 0.530. The van der Waals surface area contributed by atoms with Gasteiger partial charge in [-0.3, -0.25) is 0 Å². The number of aliphatic hydroxyl groups is 2. The van der Waals surface area contributed by atoms with E-state index in [1.807, 2.05) is 6.07 Å². The number of rotatable bonds is 7. The van der Waals surface area contributed by atoms with Gasteiger partial charge in [-0.2, -0.15) is 28.0 Å². The van der Waals surface area contributed by atoms with E-state index in [1.54, 1.807) is 0 Å². The summed E-state index contributed by atoms with van der Waals surface area (Å²) in [6.45, 7) is -4.03. The molecule has 9 nitrogen and oxygen atoms in total. The smallest absolute Gasteiger partial charge is 0.422 e. The van der Waals surface area contributed by atoms with Gasteiger partial charge in [0.25, 0.3) is 0 Å². The molecule has 2 aromatic rings. The number of hydrogen-bond acceptors (Lipinski definition) is 8. The van der Waals surface area contributed by atoms with Gasteiger partial charge in [0.15, 0.2) is 18.1 Å². The highest BCUT2D eigenvalue weighted by Gasteiger charge is 2.51. The molecule has 35 heavy (non-hydrogen) atoms. The van der Waals surface area contributed by atoms with Crippen LogP contribution in [0.3, 0.4) is 0 Å². The highest BCUT2D eigenvalue weighted by molar-refractivity contribution is 7.89. The number of nitriles is 2. The first-order valence-corrected chi connectivity index (χ1v) is 11.2. The van der Waals surface area contributed by atoms with Gasteiger partial charge in [0, 0.05) is 18.7 Å². The topological polar surface area (TPSA) is 144 Å². The van der Waals surface area contributed by atoms with E-state index >= 15 is 0 Å². The molecule has 1 heterocycles. The lowest BCUT2D eigenvalue weighted by Gasteiger charge is -2.28. The third-order valence-corrected chi connectivity index (χ3v) is 6.95. The van der Waals surface area contributed by atoms with Crippen LogP contribution < -0.4 is 9.47 Å². The third kappa shape index (κ3) is 5.63. The number of sulfonamides is 1. The molecule has 0 radical (unpaired) electrons. The van der Waals surface area contributed by atoms with Crippen LogP contribution in [0.15, 0.2) is 41.3 Å². The van der Waals surface area contributed by atoms with Crippen molar-refractivity contribution in [1.29, 1.82) is 10.5 Å². The first-order chi connectivity index (χ1) is 16.3. The fraction of sp³-hybridized carbons (Fsp3) is 0.333. The van der Waals surface area contributed by atoms with Gasteiger partial charge < -0.3 is 19.7 Å². The molecule has 0 spiro atoms. The third-order valence-electron chi connectivity index (χ3n) is 5.13. The Morgan fingerprint density at radius 3 is 2.34 bits per heavy atom. The highest BCUT2D eigenvalue weighted by Crippen LogP contribution is 2.36. The molecule has 1 saturated heterocycles. The molecule has 2 atom stereocenters. The van der Waals surface area contributed by atoms with Crippen LogP contribution in [-0.2, 0) is 10.0 Å². The number of ether oxygens (including phenoxy) is 2. The van der Waals surface area contributed by atoms with Crippen LogP contribution >= 0.6 is 0 Å². The number of benzene rings is 2. The molecule has 0 saturated carbocycles. The second kappa shape index (κ2) is 9.67. The van der Waals surface area contributed by atoms with Gasteiger partial charge in [-0.25, -0.2) is 12.8 Å². The maximum Gasteiger partial charge on any atom is 0.422 e. The fourth-order valence-electron chi connectivity index (χ4n) is 3.30. The number of β-amino-alcohol motifs (C(OH)–C–C–N with tert-alkyl or cyclic N) is 1. The molecular formula is C21H17F4N3O6S. The van der Waals surface area contributed by atoms with Gasteiger partial charge >= 0.3 is 6.18 Å². The summed E-state index contributed by atoms with van der Waals surface area (Å²) >= 11 is 0. The van der Waals surface area contributed by atoms with E-state index < -0.39 is 77.1 Å². The molecule has 2 N–H and O–H groups in total. The molecule has 1 fully saturated rings. The van der Waals surface area contributed by atoms with Crippen LogP contribution in [0.4, 0.5) is 17.6 Å². The van der Waals surface area contributed by atoms with Crippen molar-refractivity contribution >= 4 is 10.0 Å². The molecule has 0 bridgehead atoms. The summed E-state index contributed by atoms with van der Waals surface area (Å²) in [6.07, 6.45) is -6.33. The Balaban J connectivity index is 1.93. The van der Waals surface area contributed by atoms with Gasteiger partial charge in [-0.1, -0.05) is 0 Å². The number of hydrogen-bond donors (Lipinski definition) is 2. The van der Waals surface area contributed by atoms with E-state index in [9.17, 15) is 36.2 Å². The van der Waals surface area contributed by atoms with Crippen molar-refractivity contribution in [1.82, 2.24) is 4.31 Å². The predicted octanol–water partition coefficient (Wildman–Crippen LogP) is 1.69. The maximum absolute atomic E-state index is 14.2. The zero-order valence-corrected chi connectivity index (χ0v) is 18.5. The Bertz CT molecular complexity index is 1290. The van der Waals surface area contributed by atoms with Crippen molar-refractivity contribution in [3.05, 3.63) is 53.3 Å². The van der Waals surface area contributed by atoms with E-state index in [0.717, 1.165) is 4.31 Å². The zero-order chi connectivity index (χ0) is 26.0. The van der Waals surface area contributed by atoms with Crippen molar-refractivity contribution in [3.63, 3.8) is 0 Å². The van der Waals surface area contributed by atoms with Crippen molar-refractivity contribution in [2.24, 2.45) is 0 Å². The lowest BCUT2D eigenvalue weighted by atomic mass is 10.0. The van der Waals surface area contributed by atoms with Gasteiger partial charge in [0.2, 0.25) is 10.0 Å². The summed E-state index contributed by atoms with van der Waals surface area (Å²) in [6, 6.07) is 9.38. The molecule has 1 aliphatic rings. The van der Waals surface area contributed by atoms with Crippen LogP contribution in [0.2, 0.25) is 0 Å². The monoisotopic (exact) mass is 515 g/mol. The normalized spacial score (nSPS) is 20.7. The lowest BCUT2D eigenvalue weighted by Crippen LogP contribution is -2.48. The van der Waals surface area contributed by atoms with E-state index in [1.165, 1.54) is 30.3 Å². The predicted molar refractivity (Wildman–Crippen MR) is 109 cm³/mol. The van der Waals surface area contributed by atoms with Crippen molar-refractivity contribution in [2.75, 3.05) is 26.3 Å². The summed E-state index contributed by atoms with van der Waals surface area (Å²) in [5, 5.41) is 38.4. The average molecular weight is 515 g/mol. The molecule has 0 aromatic heterocycles. The Morgan fingerprint density at radius 1 is 1.14 bits per heavy atom. The molecule has 186 valence electrons. The Hall–Kier alpha value is -3.43. The van der Waals surface area contributed by atoms with Gasteiger partial charge in [0.05, 0.1) is 35.2 Å². The molecule has 2 aromatic carbocycles. The maximum atomic E-state index is 14.2. The number of nitrogens with zero attached hydrogens (tertiary/aromatic N) is 3. The average Bonchev–Trinajstić information content (AvgIpc) is 3.15. The van der Waals surface area contributed by atoms with Crippen LogP contribution in [0, 0.1) is 28.5 Å². The lowest BCUT2D eigenvalue weighted by molar-refractivity contribution is -0.153. The van der Waals surface area contributed by atoms with E-state index in [0.29, 0.717) is 12.1 Å². The van der Waals surface area contributed by atoms with Crippen molar-refractivity contribution < 1.29 is 45.7 Å². The molecule has 0 aliphatic carbocycles. The largest absolute Gasteiger partial charge is 0.482 e. The first kappa shape index (κ1) is 26.2. The Kier molecular flexibility index (Phi) is 7.23. The fourth-order valence-corrected chi connectivity index (χ4v) is 4.80. The number of alkyl halides is 3. The second-order valence-electron chi connectivity index (χ2n) is 7.60. The van der Waals surface area contributed by atoms with Crippen LogP contribution in [0.5, 0.6) is 11.5 Å². The summed E-state index contributed by atoms with van der Waals surface area (Å²) in [4.78, 5) is -0.226. The number of halogens is 4. The van der Waals surface area contributed by atoms with Crippen molar-refractivity contribution in [2.45, 2.75) is 22.8 Å². The minimum atomic E-state index is -4.77. The standard InChI is InChI=1S/C21H17F4N3O6S/c22-16-6-18(17(5-14(16)8-27)33-12-21(23,24)25)34-19-9-28(10-20(19,30)11-29)35(31,32)15-3-1-13(7-26)2-4-15/h1-6,19,29-30H,9-12H2/t19-,20+/m0/s1. The second-order valence-corrected chi connectivity index (χ2v) is 9.53. The van der Waals surface area contributed by atoms with Crippen LogP contribution in [0.25, 0.3) is 0 Å². The molecule has 3 rings (SSSR count). The van der Waals surface area contributed by atoms with Crippen LogP contribution in [0.1, 0.15) is 11.1 Å². The SMILES string of the molecule is N#Cc1ccc(S(=O)(=O)N2C[C@H](Oc3cc(F)c(C#N)cc3OCC(F)(F)F)[C@](O)(CO)C2)cc1. The van der Waals surface area contributed by atoms with Gasteiger partial charge in [-0.05, 0) is 24.3 Å². The molecule has 0 unspecified atom stereocenters. The first-order valence-electron chi connectivity index (χ1n) is 9.76. The molecular weight excluding hydrogens is 498 g/mol. The molecule has 1 aliphatic heterocycles. The van der Waals surface area contributed by atoms with Crippen molar-refractivity contribution in [3.8, 4) is 23.6 Å². The van der Waals surface area contributed by atoms with Gasteiger partial charge in [-0.15, -0.1) is 0 Å². The van der Waals surface area contributed by atoms with E-state index in [4.69, 9.17) is 15.3 Å². The summed E-state index contributed by atoms with van der Waals surface area (Å²) in [5.74, 6) is -2.47. The van der Waals surface area contributed by atoms with E-state index in [-0.39, 0.29) is 10.5 Å². The Morgan fingerprint density at radius 2 is 1.80 bits per heavy atom. The zero-order valence-electron chi connectivity index (χ0n) is 17.7. The summed E-state index contributed by atoms with van der Waals surface area (Å²) in [7, 11) is -4.25. The molecule has 14 heteroatoms. The summed E-state index contributed by atoms with van der Waals surface area (Å²) in [5.41, 5.74) is -2.65. The van der Waals surface area contributed by atoms with Crippen LogP contribution in [-0.4, -0.2) is 67.1 Å². The number of aliphatic hydroxyl groups excluding tert-OH is 1. The minimum absolute atomic E-state index is 0.202. The highest BCUT2D eigenvalue weighted by atomic mass is 32.2. The van der Waals surface area contributed by atoms with E-state index in [2.05, 4.69) is 4.74 Å². The van der Waals surface area contributed by atoms with Gasteiger partial charge in [0.1, 0.15) is 23.6 Å². The molecule has 0 amide bonds. The minimum Gasteiger partial charge on any atom is -0.482 e.